The maximum Gasteiger partial charge on any atom is 0.242 e. The lowest BCUT2D eigenvalue weighted by Crippen LogP contribution is -2.25. The molecule has 18 heavy (non-hydrogen) atoms. The molecule has 0 aliphatic rings. The summed E-state index contributed by atoms with van der Waals surface area (Å²) in [6.07, 6.45) is 1.42. The highest BCUT2D eigenvalue weighted by atomic mass is 35.5. The zero-order valence-electron chi connectivity index (χ0n) is 9.82. The lowest BCUT2D eigenvalue weighted by Gasteiger charge is -2.08. The summed E-state index contributed by atoms with van der Waals surface area (Å²) in [5, 5.41) is 8.84. The number of nitrogens with one attached hydrogen (secondary N) is 1. The van der Waals surface area contributed by atoms with Crippen LogP contribution in [0, 0.1) is 5.92 Å². The van der Waals surface area contributed by atoms with E-state index in [-0.39, 0.29) is 21.8 Å². The molecule has 0 saturated carbocycles. The predicted octanol–water partition coefficient (Wildman–Crippen LogP) is 2.74. The number of aliphatic hydroxyl groups is 1. The molecule has 0 fully saturated rings. The Balaban J connectivity index is 2.53. The second kappa shape index (κ2) is 7.07. The first kappa shape index (κ1) is 16.2. The summed E-state index contributed by atoms with van der Waals surface area (Å²) in [6.45, 7) is 2.33. The normalized spacial score (nSPS) is 13.8. The predicted molar refractivity (Wildman–Crippen MR) is 75.0 cm³/mol. The average molecular weight is 332 g/mol. The summed E-state index contributed by atoms with van der Waals surface area (Å²) in [6, 6.07) is 1.34. The summed E-state index contributed by atoms with van der Waals surface area (Å²) >= 11 is 12.5. The monoisotopic (exact) mass is 331 g/mol. The van der Waals surface area contributed by atoms with Gasteiger partial charge in [-0.2, -0.15) is 0 Å². The second-order valence-electron chi connectivity index (χ2n) is 4.02. The van der Waals surface area contributed by atoms with Gasteiger partial charge in [0.15, 0.2) is 0 Å². The fourth-order valence-electron chi connectivity index (χ4n) is 1.33. The van der Waals surface area contributed by atoms with Gasteiger partial charge in [0.05, 0.1) is 4.34 Å². The van der Waals surface area contributed by atoms with Crippen molar-refractivity contribution < 1.29 is 13.5 Å². The van der Waals surface area contributed by atoms with E-state index in [1.165, 1.54) is 6.07 Å². The van der Waals surface area contributed by atoms with Crippen molar-refractivity contribution in [3.8, 4) is 0 Å². The quantitative estimate of drug-likeness (QED) is 0.755. The van der Waals surface area contributed by atoms with E-state index in [4.69, 9.17) is 28.3 Å². The number of aliphatic hydroxyl groups excluding tert-OH is 1. The minimum Gasteiger partial charge on any atom is -0.396 e. The summed E-state index contributed by atoms with van der Waals surface area (Å²) < 4.78 is 26.7. The topological polar surface area (TPSA) is 66.4 Å². The van der Waals surface area contributed by atoms with E-state index in [0.29, 0.717) is 17.3 Å². The van der Waals surface area contributed by atoms with Crippen LogP contribution in [0.4, 0.5) is 0 Å². The van der Waals surface area contributed by atoms with Gasteiger partial charge < -0.3 is 5.11 Å². The molecule has 0 amide bonds. The lowest BCUT2D eigenvalue weighted by atomic mass is 10.1. The van der Waals surface area contributed by atoms with E-state index < -0.39 is 10.0 Å². The Hall–Kier alpha value is 0.150. The van der Waals surface area contributed by atoms with Gasteiger partial charge in [0.1, 0.15) is 9.23 Å². The van der Waals surface area contributed by atoms with Crippen LogP contribution in [0.25, 0.3) is 0 Å². The van der Waals surface area contributed by atoms with Gasteiger partial charge in [-0.3, -0.25) is 0 Å². The Bertz CT molecular complexity index is 487. The maximum atomic E-state index is 11.9. The highest BCUT2D eigenvalue weighted by molar-refractivity contribution is 7.89. The second-order valence-corrected chi connectivity index (χ2v) is 8.04. The highest BCUT2D eigenvalue weighted by Crippen LogP contribution is 2.33. The Labute approximate surface area is 121 Å². The number of halogens is 2. The Morgan fingerprint density at radius 1 is 1.50 bits per heavy atom. The third kappa shape index (κ3) is 4.68. The molecule has 1 rings (SSSR count). The molecule has 0 bridgehead atoms. The van der Waals surface area contributed by atoms with Crippen LogP contribution in [0.3, 0.4) is 0 Å². The van der Waals surface area contributed by atoms with Crippen molar-refractivity contribution in [2.75, 3.05) is 13.2 Å². The molecule has 4 nitrogen and oxygen atoms in total. The standard InChI is InChI=1S/C10H15Cl2NO3S2/c1-7(6-14)3-2-4-13-18(15,16)8-5-9(11)17-10(8)12/h5,7,13-14H,2-4,6H2,1H3. The van der Waals surface area contributed by atoms with E-state index in [9.17, 15) is 8.42 Å². The molecule has 2 N–H and O–H groups in total. The zero-order valence-corrected chi connectivity index (χ0v) is 13.0. The van der Waals surface area contributed by atoms with Gasteiger partial charge >= 0.3 is 0 Å². The molecule has 0 aliphatic heterocycles. The summed E-state index contributed by atoms with van der Waals surface area (Å²) in [4.78, 5) is 0.0226. The Morgan fingerprint density at radius 2 is 2.17 bits per heavy atom. The molecule has 8 heteroatoms. The van der Waals surface area contributed by atoms with Gasteiger partial charge in [-0.25, -0.2) is 13.1 Å². The molecule has 1 aromatic rings. The van der Waals surface area contributed by atoms with Gasteiger partial charge in [-0.05, 0) is 24.8 Å². The van der Waals surface area contributed by atoms with Crippen molar-refractivity contribution in [2.45, 2.75) is 24.7 Å². The first-order valence-corrected chi connectivity index (χ1v) is 8.47. The van der Waals surface area contributed by atoms with Crippen LogP contribution in [0.5, 0.6) is 0 Å². The lowest BCUT2D eigenvalue weighted by molar-refractivity contribution is 0.228. The summed E-state index contributed by atoms with van der Waals surface area (Å²) in [5.74, 6) is 0.175. The number of rotatable bonds is 7. The van der Waals surface area contributed by atoms with Crippen molar-refractivity contribution in [3.05, 3.63) is 14.7 Å². The number of sulfonamides is 1. The van der Waals surface area contributed by atoms with E-state index in [1.54, 1.807) is 0 Å². The molecule has 1 atom stereocenters. The van der Waals surface area contributed by atoms with Gasteiger partial charge in [-0.1, -0.05) is 30.1 Å². The highest BCUT2D eigenvalue weighted by Gasteiger charge is 2.20. The molecule has 0 aliphatic carbocycles. The first-order chi connectivity index (χ1) is 8.36. The van der Waals surface area contributed by atoms with E-state index >= 15 is 0 Å². The van der Waals surface area contributed by atoms with Crippen molar-refractivity contribution in [3.63, 3.8) is 0 Å². The zero-order chi connectivity index (χ0) is 13.8. The molecule has 0 saturated heterocycles. The van der Waals surface area contributed by atoms with Gasteiger partial charge in [0.25, 0.3) is 0 Å². The van der Waals surface area contributed by atoms with E-state index in [0.717, 1.165) is 17.8 Å². The van der Waals surface area contributed by atoms with Crippen LogP contribution in [0.2, 0.25) is 8.67 Å². The Kier molecular flexibility index (Phi) is 6.37. The minimum absolute atomic E-state index is 0.0226. The van der Waals surface area contributed by atoms with Crippen LogP contribution in [-0.4, -0.2) is 26.7 Å². The van der Waals surface area contributed by atoms with Gasteiger partial charge in [0.2, 0.25) is 10.0 Å². The van der Waals surface area contributed by atoms with Crippen LogP contribution in [-0.2, 0) is 10.0 Å². The molecule has 0 radical (unpaired) electrons. The van der Waals surface area contributed by atoms with Crippen molar-refractivity contribution >= 4 is 44.6 Å². The molecule has 0 spiro atoms. The maximum absolute atomic E-state index is 11.9. The summed E-state index contributed by atoms with van der Waals surface area (Å²) in [5.41, 5.74) is 0. The molecule has 0 aromatic carbocycles. The third-order valence-electron chi connectivity index (χ3n) is 2.39. The van der Waals surface area contributed by atoms with Gasteiger partial charge in [0, 0.05) is 13.2 Å². The van der Waals surface area contributed by atoms with Crippen molar-refractivity contribution in [1.82, 2.24) is 4.72 Å². The largest absolute Gasteiger partial charge is 0.396 e. The minimum atomic E-state index is -3.59. The molecule has 104 valence electrons. The van der Waals surface area contributed by atoms with Crippen LogP contribution in [0.1, 0.15) is 19.8 Å². The first-order valence-electron chi connectivity index (χ1n) is 5.42. The molecule has 1 aromatic heterocycles. The summed E-state index contributed by atoms with van der Waals surface area (Å²) in [7, 11) is -3.59. The molecule has 1 heterocycles. The van der Waals surface area contributed by atoms with Gasteiger partial charge in [-0.15, -0.1) is 11.3 Å². The van der Waals surface area contributed by atoms with E-state index in [1.807, 2.05) is 6.92 Å². The fraction of sp³-hybridized carbons (Fsp3) is 0.600. The SMILES string of the molecule is CC(CO)CCCNS(=O)(=O)c1cc(Cl)sc1Cl. The molecule has 1 unspecified atom stereocenters. The van der Waals surface area contributed by atoms with Crippen molar-refractivity contribution in [2.24, 2.45) is 5.92 Å². The van der Waals surface area contributed by atoms with Crippen LogP contribution in [0.15, 0.2) is 11.0 Å². The molecular formula is C10H15Cl2NO3S2. The molecular weight excluding hydrogens is 317 g/mol. The smallest absolute Gasteiger partial charge is 0.242 e. The third-order valence-corrected chi connectivity index (χ3v) is 5.61. The number of hydrogen-bond acceptors (Lipinski definition) is 4. The van der Waals surface area contributed by atoms with Crippen LogP contribution < -0.4 is 4.72 Å². The number of thiophene rings is 1. The van der Waals surface area contributed by atoms with Crippen molar-refractivity contribution in [1.29, 1.82) is 0 Å². The van der Waals surface area contributed by atoms with Crippen LogP contribution >= 0.6 is 34.5 Å². The average Bonchev–Trinajstić information content (AvgIpc) is 2.64. The number of hydrogen-bond donors (Lipinski definition) is 2. The van der Waals surface area contributed by atoms with E-state index in [2.05, 4.69) is 4.72 Å². The Morgan fingerprint density at radius 3 is 2.67 bits per heavy atom. The fourth-order valence-corrected chi connectivity index (χ4v) is 4.56.